The van der Waals surface area contributed by atoms with Crippen LogP contribution in [0.1, 0.15) is 38.7 Å². The van der Waals surface area contributed by atoms with Crippen molar-refractivity contribution < 1.29 is 14.6 Å². The fraction of sp³-hybridized carbons (Fsp3) is 0.533. The average molecular weight is 263 g/mol. The van der Waals surface area contributed by atoms with E-state index in [-0.39, 0.29) is 12.1 Å². The van der Waals surface area contributed by atoms with Crippen LogP contribution in [0.25, 0.3) is 0 Å². The lowest BCUT2D eigenvalue weighted by atomic mass is 9.80. The zero-order valence-corrected chi connectivity index (χ0v) is 11.9. The van der Waals surface area contributed by atoms with Gasteiger partial charge in [0.15, 0.2) is 0 Å². The van der Waals surface area contributed by atoms with Crippen molar-refractivity contribution in [1.82, 2.24) is 0 Å². The summed E-state index contributed by atoms with van der Waals surface area (Å²) < 4.78 is 5.26. The first-order chi connectivity index (χ1) is 8.85. The van der Waals surface area contributed by atoms with Gasteiger partial charge in [0.1, 0.15) is 12.3 Å². The van der Waals surface area contributed by atoms with Crippen molar-refractivity contribution in [1.29, 1.82) is 0 Å². The summed E-state index contributed by atoms with van der Waals surface area (Å²) in [7, 11) is 1.65. The number of nitrogens with zero attached hydrogens (tertiary/aromatic N) is 1. The van der Waals surface area contributed by atoms with E-state index in [1.165, 1.54) is 5.56 Å². The molecule has 1 aromatic rings. The van der Waals surface area contributed by atoms with Crippen molar-refractivity contribution in [2.24, 2.45) is 0 Å². The highest BCUT2D eigenvalue weighted by atomic mass is 16.5. The molecule has 0 radical (unpaired) electrons. The highest BCUT2D eigenvalue weighted by molar-refractivity contribution is 5.76. The van der Waals surface area contributed by atoms with Gasteiger partial charge in [0.05, 0.1) is 7.11 Å². The summed E-state index contributed by atoms with van der Waals surface area (Å²) in [5, 5.41) is 9.12. The Morgan fingerprint density at radius 3 is 2.79 bits per heavy atom. The summed E-state index contributed by atoms with van der Waals surface area (Å²) >= 11 is 0. The number of aliphatic carboxylic acids is 1. The summed E-state index contributed by atoms with van der Waals surface area (Å²) in [6.07, 6.45) is 0.931. The maximum Gasteiger partial charge on any atom is 0.323 e. The molecule has 0 aromatic heterocycles. The van der Waals surface area contributed by atoms with Gasteiger partial charge in [0.2, 0.25) is 0 Å². The quantitative estimate of drug-likeness (QED) is 0.911. The zero-order valence-electron chi connectivity index (χ0n) is 11.9. The Balaban J connectivity index is 2.49. The molecule has 0 bridgehead atoms. The van der Waals surface area contributed by atoms with Gasteiger partial charge in [-0.25, -0.2) is 0 Å². The number of ether oxygens (including phenoxy) is 1. The number of methoxy groups -OCH3 is 1. The molecule has 0 fully saturated rings. The monoisotopic (exact) mass is 263 g/mol. The molecule has 2 rings (SSSR count). The molecule has 1 atom stereocenters. The molecule has 0 saturated carbocycles. The van der Waals surface area contributed by atoms with Crippen LogP contribution >= 0.6 is 0 Å². The number of rotatable bonds is 3. The standard InChI is InChI=1S/C15H21NO3/c1-10-8-15(2,3)16(9-14(17)18)13-6-5-11(19-4)7-12(10)13/h5-7,10H,8-9H2,1-4H3,(H,17,18). The van der Waals surface area contributed by atoms with Crippen LogP contribution in [-0.2, 0) is 4.79 Å². The molecule has 0 aliphatic carbocycles. The Hall–Kier alpha value is -1.71. The molecule has 1 aliphatic heterocycles. The lowest BCUT2D eigenvalue weighted by molar-refractivity contribution is -0.135. The Labute approximate surface area is 114 Å². The smallest absolute Gasteiger partial charge is 0.323 e. The number of carboxylic acid groups (broad SMARTS) is 1. The number of fused-ring (bicyclic) bond motifs is 1. The van der Waals surface area contributed by atoms with Crippen LogP contribution in [0.5, 0.6) is 5.75 Å². The van der Waals surface area contributed by atoms with Crippen LogP contribution in [0, 0.1) is 0 Å². The molecule has 1 N–H and O–H groups in total. The number of carboxylic acids is 1. The molecule has 1 heterocycles. The summed E-state index contributed by atoms with van der Waals surface area (Å²) in [5.74, 6) is 0.412. The summed E-state index contributed by atoms with van der Waals surface area (Å²) in [6.45, 7) is 6.40. The second kappa shape index (κ2) is 4.76. The van der Waals surface area contributed by atoms with Crippen molar-refractivity contribution in [2.75, 3.05) is 18.6 Å². The van der Waals surface area contributed by atoms with Crippen LogP contribution in [0.4, 0.5) is 5.69 Å². The molecule has 1 aliphatic rings. The van der Waals surface area contributed by atoms with Crippen molar-refractivity contribution in [3.63, 3.8) is 0 Å². The molecular formula is C15H21NO3. The van der Waals surface area contributed by atoms with Crippen molar-refractivity contribution in [3.05, 3.63) is 23.8 Å². The van der Waals surface area contributed by atoms with Crippen LogP contribution in [-0.4, -0.2) is 30.3 Å². The fourth-order valence-electron chi connectivity index (χ4n) is 3.03. The first-order valence-corrected chi connectivity index (χ1v) is 6.52. The summed E-state index contributed by atoms with van der Waals surface area (Å²) in [6, 6.07) is 5.88. The van der Waals surface area contributed by atoms with Gasteiger partial charge in [-0.15, -0.1) is 0 Å². The van der Waals surface area contributed by atoms with Crippen molar-refractivity contribution in [3.8, 4) is 5.75 Å². The van der Waals surface area contributed by atoms with E-state index in [0.29, 0.717) is 5.92 Å². The van der Waals surface area contributed by atoms with Gasteiger partial charge >= 0.3 is 5.97 Å². The molecule has 104 valence electrons. The number of carbonyl (C=O) groups is 1. The highest BCUT2D eigenvalue weighted by Crippen LogP contribution is 2.44. The van der Waals surface area contributed by atoms with Crippen molar-refractivity contribution in [2.45, 2.75) is 38.6 Å². The minimum atomic E-state index is -0.801. The second-order valence-electron chi connectivity index (χ2n) is 5.82. The first-order valence-electron chi connectivity index (χ1n) is 6.52. The number of benzene rings is 1. The normalized spacial score (nSPS) is 20.8. The van der Waals surface area contributed by atoms with E-state index in [0.717, 1.165) is 17.9 Å². The van der Waals surface area contributed by atoms with Crippen LogP contribution in [0.3, 0.4) is 0 Å². The van der Waals surface area contributed by atoms with Gasteiger partial charge in [-0.3, -0.25) is 4.79 Å². The topological polar surface area (TPSA) is 49.8 Å². The number of hydrogen-bond acceptors (Lipinski definition) is 3. The van der Waals surface area contributed by atoms with Gasteiger partial charge < -0.3 is 14.7 Å². The van der Waals surface area contributed by atoms with E-state index in [4.69, 9.17) is 9.84 Å². The summed E-state index contributed by atoms with van der Waals surface area (Å²) in [5.41, 5.74) is 2.02. The van der Waals surface area contributed by atoms with E-state index in [2.05, 4.69) is 20.8 Å². The predicted octanol–water partition coefficient (Wildman–Crippen LogP) is 2.87. The van der Waals surface area contributed by atoms with E-state index >= 15 is 0 Å². The van der Waals surface area contributed by atoms with E-state index < -0.39 is 5.97 Å². The Morgan fingerprint density at radius 1 is 1.53 bits per heavy atom. The molecule has 1 aromatic carbocycles. The molecule has 0 amide bonds. The Morgan fingerprint density at radius 2 is 2.21 bits per heavy atom. The van der Waals surface area contributed by atoms with Crippen molar-refractivity contribution >= 4 is 11.7 Å². The first kappa shape index (κ1) is 13.7. The third-order valence-electron chi connectivity index (χ3n) is 3.89. The van der Waals surface area contributed by atoms with Gasteiger partial charge in [-0.05, 0) is 49.9 Å². The van der Waals surface area contributed by atoms with Crippen LogP contribution < -0.4 is 9.64 Å². The third kappa shape index (κ3) is 2.53. The van der Waals surface area contributed by atoms with Gasteiger partial charge in [-0.1, -0.05) is 6.92 Å². The molecule has 1 unspecified atom stereocenters. The predicted molar refractivity (Wildman–Crippen MR) is 75.1 cm³/mol. The molecule has 0 saturated heterocycles. The average Bonchev–Trinajstić information content (AvgIpc) is 2.33. The van der Waals surface area contributed by atoms with E-state index in [1.807, 2.05) is 23.1 Å². The minimum Gasteiger partial charge on any atom is -0.497 e. The summed E-state index contributed by atoms with van der Waals surface area (Å²) in [4.78, 5) is 13.1. The Kier molecular flexibility index (Phi) is 3.43. The molecule has 0 spiro atoms. The molecule has 4 heteroatoms. The molecule has 4 nitrogen and oxygen atoms in total. The second-order valence-corrected chi connectivity index (χ2v) is 5.82. The lowest BCUT2D eigenvalue weighted by Gasteiger charge is -2.46. The zero-order chi connectivity index (χ0) is 14.2. The van der Waals surface area contributed by atoms with Crippen LogP contribution in [0.15, 0.2) is 18.2 Å². The SMILES string of the molecule is COc1ccc2c(c1)C(C)CC(C)(C)N2CC(=O)O. The molecule has 19 heavy (non-hydrogen) atoms. The third-order valence-corrected chi connectivity index (χ3v) is 3.89. The number of hydrogen-bond donors (Lipinski definition) is 1. The van der Waals surface area contributed by atoms with Gasteiger partial charge in [0.25, 0.3) is 0 Å². The largest absolute Gasteiger partial charge is 0.497 e. The van der Waals surface area contributed by atoms with Gasteiger partial charge in [0, 0.05) is 11.2 Å². The highest BCUT2D eigenvalue weighted by Gasteiger charge is 2.37. The van der Waals surface area contributed by atoms with E-state index in [9.17, 15) is 4.79 Å². The van der Waals surface area contributed by atoms with Gasteiger partial charge in [-0.2, -0.15) is 0 Å². The molecular weight excluding hydrogens is 242 g/mol. The maximum atomic E-state index is 11.1. The maximum absolute atomic E-state index is 11.1. The number of anilines is 1. The van der Waals surface area contributed by atoms with E-state index in [1.54, 1.807) is 7.11 Å². The minimum absolute atomic E-state index is 0.0268. The lowest BCUT2D eigenvalue weighted by Crippen LogP contribution is -2.50. The van der Waals surface area contributed by atoms with Crippen LogP contribution in [0.2, 0.25) is 0 Å². The fourth-order valence-corrected chi connectivity index (χ4v) is 3.03. The Bertz CT molecular complexity index is 496.